The van der Waals surface area contributed by atoms with E-state index >= 15 is 4.39 Å². The number of primary amides is 1. The second kappa shape index (κ2) is 15.9. The molecule has 1 unspecified atom stereocenters. The number of amides is 5. The maximum atomic E-state index is 15.8. The van der Waals surface area contributed by atoms with Crippen LogP contribution in [0, 0.1) is 28.5 Å². The fraction of sp³-hybridized carbons (Fsp3) is 0.500. The topological polar surface area (TPSA) is 186 Å². The predicted octanol–water partition coefficient (Wildman–Crippen LogP) is 3.91. The first-order valence-electron chi connectivity index (χ1n) is 21.1. The Kier molecular flexibility index (Phi) is 10.5. The van der Waals surface area contributed by atoms with Crippen molar-refractivity contribution in [3.8, 4) is 11.8 Å². The van der Waals surface area contributed by atoms with Gasteiger partial charge in [0.1, 0.15) is 17.6 Å². The monoisotopic (exact) mass is 817 g/mol. The number of carbonyl (C=O) groups excluding carboxylic acids is 5. The molecule has 1 saturated carbocycles. The third-order valence-electron chi connectivity index (χ3n) is 13.7. The van der Waals surface area contributed by atoms with E-state index < -0.39 is 35.5 Å². The molecule has 1 aliphatic carbocycles. The van der Waals surface area contributed by atoms with E-state index in [9.17, 15) is 24.0 Å². The minimum atomic E-state index is -1.14. The summed E-state index contributed by atoms with van der Waals surface area (Å²) in [5, 5.41) is 17.2. The van der Waals surface area contributed by atoms with Crippen LogP contribution in [0.15, 0.2) is 48.5 Å². The number of carbonyl (C=O) groups is 5. The van der Waals surface area contributed by atoms with Crippen LogP contribution in [0.25, 0.3) is 0 Å². The molecule has 15 nitrogen and oxygen atoms in total. The molecule has 9 rings (SSSR count). The first-order chi connectivity index (χ1) is 29.0. The molecule has 2 aromatic carbocycles. The van der Waals surface area contributed by atoms with Crippen LogP contribution in [0.5, 0.6) is 5.75 Å². The summed E-state index contributed by atoms with van der Waals surface area (Å²) in [6.07, 6.45) is 6.24. The lowest BCUT2D eigenvalue weighted by Gasteiger charge is -2.55. The number of nitrogens with two attached hydrogens (primary N) is 1. The van der Waals surface area contributed by atoms with Gasteiger partial charge in [0.05, 0.1) is 34.6 Å². The fourth-order valence-electron chi connectivity index (χ4n) is 10.2. The number of piperidine rings is 3. The number of benzene rings is 2. The largest absolute Gasteiger partial charge is 0.490 e. The number of aromatic nitrogens is 2. The summed E-state index contributed by atoms with van der Waals surface area (Å²) >= 11 is 0. The van der Waals surface area contributed by atoms with Crippen molar-refractivity contribution in [1.82, 2.24) is 24.9 Å². The number of likely N-dealkylation sites (tertiary alicyclic amines) is 2. The molecule has 0 bridgehead atoms. The highest BCUT2D eigenvalue weighted by molar-refractivity contribution is 6.23. The molecular weight excluding hydrogens is 770 g/mol. The van der Waals surface area contributed by atoms with Crippen molar-refractivity contribution in [2.24, 2.45) is 17.1 Å². The van der Waals surface area contributed by atoms with E-state index in [0.29, 0.717) is 56.0 Å². The third kappa shape index (κ3) is 7.44. The smallest absolute Gasteiger partial charge is 0.269 e. The van der Waals surface area contributed by atoms with Gasteiger partial charge in [0.15, 0.2) is 11.5 Å². The molecule has 5 aliphatic heterocycles. The summed E-state index contributed by atoms with van der Waals surface area (Å²) in [7, 11) is 0. The fourth-order valence-corrected chi connectivity index (χ4v) is 10.2. The van der Waals surface area contributed by atoms with Crippen LogP contribution in [0.2, 0.25) is 0 Å². The average molecular weight is 818 g/mol. The molecule has 4 saturated heterocycles. The number of ether oxygens (including phenoxy) is 1. The van der Waals surface area contributed by atoms with Crippen LogP contribution >= 0.6 is 0 Å². The van der Waals surface area contributed by atoms with Crippen molar-refractivity contribution in [2.45, 2.75) is 82.4 Å². The number of nitrogens with zero attached hydrogens (tertiary/aromatic N) is 8. The summed E-state index contributed by atoms with van der Waals surface area (Å²) in [5.74, 6) is -1.43. The van der Waals surface area contributed by atoms with Gasteiger partial charge >= 0.3 is 0 Å². The minimum Gasteiger partial charge on any atom is -0.490 e. The van der Waals surface area contributed by atoms with Crippen LogP contribution in [0.1, 0.15) is 101 Å². The van der Waals surface area contributed by atoms with Gasteiger partial charge in [-0.3, -0.25) is 33.8 Å². The van der Waals surface area contributed by atoms with Crippen molar-refractivity contribution in [3.05, 3.63) is 76.7 Å². The molecule has 6 aliphatic rings. The van der Waals surface area contributed by atoms with E-state index in [4.69, 9.17) is 15.7 Å². The van der Waals surface area contributed by atoms with E-state index in [-0.39, 0.29) is 58.8 Å². The Morgan fingerprint density at radius 2 is 1.52 bits per heavy atom. The molecule has 5 fully saturated rings. The van der Waals surface area contributed by atoms with Crippen LogP contribution in [-0.4, -0.2) is 118 Å². The zero-order valence-electron chi connectivity index (χ0n) is 33.4. The quantitative estimate of drug-likeness (QED) is 0.308. The van der Waals surface area contributed by atoms with Gasteiger partial charge in [0.25, 0.3) is 23.6 Å². The molecule has 312 valence electrons. The van der Waals surface area contributed by atoms with E-state index in [1.54, 1.807) is 36.4 Å². The lowest BCUT2D eigenvalue weighted by atomic mass is 9.71. The summed E-state index contributed by atoms with van der Waals surface area (Å²) in [4.78, 5) is 75.0. The second-order valence-electron chi connectivity index (χ2n) is 17.4. The number of hydrogen-bond acceptors (Lipinski definition) is 12. The second-order valence-corrected chi connectivity index (χ2v) is 17.4. The normalized spacial score (nSPS) is 24.7. The zero-order valence-corrected chi connectivity index (χ0v) is 33.4. The van der Waals surface area contributed by atoms with Gasteiger partial charge < -0.3 is 25.2 Å². The molecule has 1 aromatic heterocycles. The number of rotatable bonds is 9. The lowest BCUT2D eigenvalue weighted by Crippen LogP contribution is -2.61. The van der Waals surface area contributed by atoms with E-state index in [1.807, 2.05) is 4.90 Å². The Balaban J connectivity index is 0.771. The van der Waals surface area contributed by atoms with Crippen LogP contribution in [0.4, 0.5) is 15.9 Å². The Hall–Kier alpha value is -5.95. The number of anilines is 2. The van der Waals surface area contributed by atoms with Crippen LogP contribution in [0.3, 0.4) is 0 Å². The highest BCUT2D eigenvalue weighted by Crippen LogP contribution is 2.45. The SMILES string of the molecule is N#Cc1ccc(OC2CCC(N3C(=O)CCC(N4C(=O)c5cc(F)c(N6CC7(CCN(CC8CCN(c9ccc(C(N)=O)nn9)CC8)CC7)C6)cc5C4=O)C3=O)CC2)cc1. The van der Waals surface area contributed by atoms with Crippen molar-refractivity contribution >= 4 is 41.0 Å². The Morgan fingerprint density at radius 3 is 2.15 bits per heavy atom. The summed E-state index contributed by atoms with van der Waals surface area (Å²) in [6.45, 7) is 6.02. The van der Waals surface area contributed by atoms with Gasteiger partial charge in [-0.25, -0.2) is 4.39 Å². The molecule has 1 atom stereocenters. The molecule has 1 spiro atoms. The summed E-state index contributed by atoms with van der Waals surface area (Å²) in [5.41, 5.74) is 6.37. The maximum absolute atomic E-state index is 15.8. The number of fused-ring (bicyclic) bond motifs is 1. The van der Waals surface area contributed by atoms with Crippen LogP contribution < -0.4 is 20.3 Å². The number of nitriles is 1. The van der Waals surface area contributed by atoms with Crippen molar-refractivity contribution in [1.29, 1.82) is 5.26 Å². The van der Waals surface area contributed by atoms with Gasteiger partial charge in [-0.2, -0.15) is 5.26 Å². The first kappa shape index (κ1) is 39.5. The standard InChI is InChI=1S/C44H48FN9O6/c45-34-21-32-33(22-37(34)52-25-44(26-52)15-19-50(20-16-44)24-28-13-17-51(18-14-28)38-11-9-35(40(47)56)48-49-38)42(58)54(41(32)57)36-10-12-39(55)53(43(36)59)29-3-7-31(8-4-29)60-30-5-1-27(23-46)2-6-30/h1-2,5-6,9,11,21-22,28-29,31,36H,3-4,7-8,10,12-20,24-26H2,(H2,47,56). The first-order valence-corrected chi connectivity index (χ1v) is 21.1. The van der Waals surface area contributed by atoms with Crippen molar-refractivity contribution < 1.29 is 33.1 Å². The van der Waals surface area contributed by atoms with Gasteiger partial charge in [-0.15, -0.1) is 10.2 Å². The molecule has 2 N–H and O–H groups in total. The molecule has 6 heterocycles. The Labute approximate surface area is 347 Å². The predicted molar refractivity (Wildman–Crippen MR) is 215 cm³/mol. The third-order valence-corrected chi connectivity index (χ3v) is 13.7. The summed E-state index contributed by atoms with van der Waals surface area (Å²) < 4.78 is 21.9. The van der Waals surface area contributed by atoms with Crippen molar-refractivity contribution in [3.63, 3.8) is 0 Å². The highest BCUT2D eigenvalue weighted by atomic mass is 19.1. The van der Waals surface area contributed by atoms with E-state index in [1.165, 1.54) is 11.0 Å². The maximum Gasteiger partial charge on any atom is 0.269 e. The molecule has 5 amide bonds. The van der Waals surface area contributed by atoms with Gasteiger partial charge in [-0.05, 0) is 125 Å². The lowest BCUT2D eigenvalue weighted by molar-refractivity contribution is -0.155. The van der Waals surface area contributed by atoms with Gasteiger partial charge in [0, 0.05) is 50.6 Å². The molecule has 0 radical (unpaired) electrons. The highest BCUT2D eigenvalue weighted by Gasteiger charge is 2.51. The number of hydrogen-bond donors (Lipinski definition) is 1. The average Bonchev–Trinajstić information content (AvgIpc) is 3.48. The van der Waals surface area contributed by atoms with E-state index in [0.717, 1.165) is 75.2 Å². The Bertz CT molecular complexity index is 2230. The van der Waals surface area contributed by atoms with Crippen molar-refractivity contribution in [2.75, 3.05) is 55.6 Å². The van der Waals surface area contributed by atoms with Gasteiger partial charge in [0.2, 0.25) is 5.91 Å². The Morgan fingerprint density at radius 1 is 0.833 bits per heavy atom. The van der Waals surface area contributed by atoms with E-state index in [2.05, 4.69) is 26.1 Å². The zero-order chi connectivity index (χ0) is 41.7. The molecule has 3 aromatic rings. The minimum absolute atomic E-state index is 0.0168. The number of halogens is 1. The molecule has 60 heavy (non-hydrogen) atoms. The number of imide groups is 2. The molecular formula is C44H48FN9O6. The van der Waals surface area contributed by atoms with Crippen LogP contribution in [-0.2, 0) is 9.59 Å². The molecule has 16 heteroatoms. The summed E-state index contributed by atoms with van der Waals surface area (Å²) in [6, 6.07) is 13.4. The van der Waals surface area contributed by atoms with Gasteiger partial charge in [-0.1, -0.05) is 0 Å².